The molecule has 1 aliphatic rings. The number of aromatic hydroxyl groups is 1. The first-order chi connectivity index (χ1) is 6.16. The minimum absolute atomic E-state index is 0.103. The Morgan fingerprint density at radius 1 is 1.38 bits per heavy atom. The Bertz CT molecular complexity index is 379. The van der Waals surface area contributed by atoms with Crippen LogP contribution in [0.1, 0.15) is 0 Å². The van der Waals surface area contributed by atoms with Gasteiger partial charge in [-0.1, -0.05) is 0 Å². The molecule has 1 aromatic carbocycles. The summed E-state index contributed by atoms with van der Waals surface area (Å²) in [6.07, 6.45) is 0. The molecule has 0 saturated heterocycles. The van der Waals surface area contributed by atoms with E-state index < -0.39 is 0 Å². The van der Waals surface area contributed by atoms with Crippen LogP contribution in [0.2, 0.25) is 0 Å². The van der Waals surface area contributed by atoms with E-state index in [1.165, 1.54) is 6.07 Å². The first-order valence-electron chi connectivity index (χ1n) is 3.73. The van der Waals surface area contributed by atoms with Crippen LogP contribution in [0.15, 0.2) is 16.6 Å². The second kappa shape index (κ2) is 2.92. The van der Waals surface area contributed by atoms with Crippen molar-refractivity contribution in [2.24, 2.45) is 0 Å². The van der Waals surface area contributed by atoms with Gasteiger partial charge in [-0.25, -0.2) is 0 Å². The van der Waals surface area contributed by atoms with Gasteiger partial charge >= 0.3 is 0 Å². The van der Waals surface area contributed by atoms with Crippen molar-refractivity contribution in [3.63, 3.8) is 0 Å². The van der Waals surface area contributed by atoms with Gasteiger partial charge < -0.3 is 15.7 Å². The molecule has 2 rings (SSSR count). The van der Waals surface area contributed by atoms with Crippen molar-refractivity contribution < 1.29 is 9.90 Å². The topological polar surface area (TPSA) is 61.4 Å². The van der Waals surface area contributed by atoms with Gasteiger partial charge in [-0.05, 0) is 22.0 Å². The lowest BCUT2D eigenvalue weighted by atomic mass is 10.2. The molecule has 5 heteroatoms. The Morgan fingerprint density at radius 3 is 2.92 bits per heavy atom. The lowest BCUT2D eigenvalue weighted by Crippen LogP contribution is -2.27. The third-order valence-electron chi connectivity index (χ3n) is 1.80. The summed E-state index contributed by atoms with van der Waals surface area (Å²) in [7, 11) is 0. The number of rotatable bonds is 0. The molecule has 0 radical (unpaired) electrons. The molecule has 0 aromatic heterocycles. The molecule has 1 amide bonds. The lowest BCUT2D eigenvalue weighted by Gasteiger charge is -2.19. The molecule has 1 heterocycles. The fourth-order valence-corrected chi connectivity index (χ4v) is 1.52. The Balaban J connectivity index is 2.49. The molecular weight excluding hydrogens is 236 g/mol. The highest BCUT2D eigenvalue weighted by molar-refractivity contribution is 9.10. The summed E-state index contributed by atoms with van der Waals surface area (Å²) in [5.41, 5.74) is 1.42. The van der Waals surface area contributed by atoms with Crippen LogP contribution in [0, 0.1) is 0 Å². The van der Waals surface area contributed by atoms with E-state index in [4.69, 9.17) is 0 Å². The zero-order valence-electron chi connectivity index (χ0n) is 6.60. The zero-order chi connectivity index (χ0) is 9.42. The second-order valence-electron chi connectivity index (χ2n) is 2.75. The number of fused-ring (bicyclic) bond motifs is 1. The molecule has 3 N–H and O–H groups in total. The summed E-state index contributed by atoms with van der Waals surface area (Å²) in [4.78, 5) is 11.0. The number of carbonyl (C=O) groups is 1. The zero-order valence-corrected chi connectivity index (χ0v) is 8.18. The third-order valence-corrected chi connectivity index (χ3v) is 2.44. The van der Waals surface area contributed by atoms with E-state index in [9.17, 15) is 9.90 Å². The summed E-state index contributed by atoms with van der Waals surface area (Å²) in [5.74, 6) is 0.0111. The predicted octanol–water partition coefficient (Wildman–Crippen LogP) is 1.52. The molecule has 13 heavy (non-hydrogen) atoms. The number of anilines is 2. The Morgan fingerprint density at radius 2 is 2.15 bits per heavy atom. The number of benzene rings is 1. The van der Waals surface area contributed by atoms with Gasteiger partial charge in [0.2, 0.25) is 5.91 Å². The molecule has 0 aliphatic carbocycles. The average Bonchev–Trinajstić information content (AvgIpc) is 2.08. The number of phenolic OH excluding ortho intramolecular Hbond substituents is 1. The highest BCUT2D eigenvalue weighted by Gasteiger charge is 2.15. The molecule has 0 fully saturated rings. The van der Waals surface area contributed by atoms with Crippen molar-refractivity contribution in [2.75, 3.05) is 17.2 Å². The minimum Gasteiger partial charge on any atom is -0.507 e. The number of phenols is 1. The maximum absolute atomic E-state index is 11.0. The number of hydrogen-bond donors (Lipinski definition) is 3. The third kappa shape index (κ3) is 1.47. The van der Waals surface area contributed by atoms with E-state index in [1.807, 2.05) is 0 Å². The van der Waals surface area contributed by atoms with Gasteiger partial charge in [-0.3, -0.25) is 4.79 Å². The van der Waals surface area contributed by atoms with Crippen molar-refractivity contribution in [1.29, 1.82) is 0 Å². The lowest BCUT2D eigenvalue weighted by molar-refractivity contribution is -0.114. The number of amides is 1. The SMILES string of the molecule is O=C1CNc2cc(Br)c(O)cc2N1. The van der Waals surface area contributed by atoms with Crippen molar-refractivity contribution in [2.45, 2.75) is 0 Å². The molecule has 1 aliphatic heterocycles. The van der Waals surface area contributed by atoms with Gasteiger partial charge in [0.15, 0.2) is 0 Å². The van der Waals surface area contributed by atoms with Crippen molar-refractivity contribution in [3.8, 4) is 5.75 Å². The standard InChI is InChI=1S/C8H7BrN2O2/c9-4-1-5-6(2-7(4)12)11-8(13)3-10-5/h1-2,10,12H,3H2,(H,11,13). The molecular formula is C8H7BrN2O2. The summed E-state index contributed by atoms with van der Waals surface area (Å²) in [6, 6.07) is 3.23. The molecule has 4 nitrogen and oxygen atoms in total. The molecule has 0 atom stereocenters. The molecule has 0 unspecified atom stereocenters. The molecule has 0 bridgehead atoms. The largest absolute Gasteiger partial charge is 0.507 e. The van der Waals surface area contributed by atoms with Crippen LogP contribution in [0.25, 0.3) is 0 Å². The van der Waals surface area contributed by atoms with Gasteiger partial charge in [0.25, 0.3) is 0 Å². The normalized spacial score (nSPS) is 14.4. The van der Waals surface area contributed by atoms with Crippen LogP contribution in [-0.2, 0) is 4.79 Å². The highest BCUT2D eigenvalue weighted by Crippen LogP contribution is 2.34. The fourth-order valence-electron chi connectivity index (χ4n) is 1.18. The van der Waals surface area contributed by atoms with Crippen LogP contribution in [0.4, 0.5) is 11.4 Å². The number of halogens is 1. The molecule has 68 valence electrons. The van der Waals surface area contributed by atoms with Crippen LogP contribution in [0.3, 0.4) is 0 Å². The van der Waals surface area contributed by atoms with Gasteiger partial charge in [0, 0.05) is 6.07 Å². The average molecular weight is 243 g/mol. The molecule has 0 saturated carbocycles. The van der Waals surface area contributed by atoms with Crippen molar-refractivity contribution >= 4 is 33.2 Å². The van der Waals surface area contributed by atoms with Crippen molar-refractivity contribution in [3.05, 3.63) is 16.6 Å². The Labute approximate surface area is 83.1 Å². The van der Waals surface area contributed by atoms with E-state index in [1.54, 1.807) is 6.07 Å². The van der Waals surface area contributed by atoms with E-state index in [-0.39, 0.29) is 18.2 Å². The van der Waals surface area contributed by atoms with Gasteiger partial charge in [-0.2, -0.15) is 0 Å². The quantitative estimate of drug-likeness (QED) is 0.605. The first kappa shape index (κ1) is 8.37. The summed E-state index contributed by atoms with van der Waals surface area (Å²) >= 11 is 3.19. The maximum atomic E-state index is 11.0. The molecule has 1 aromatic rings. The minimum atomic E-state index is -0.103. The van der Waals surface area contributed by atoms with Crippen LogP contribution in [-0.4, -0.2) is 17.6 Å². The van der Waals surface area contributed by atoms with Gasteiger partial charge in [0.05, 0.1) is 22.4 Å². The van der Waals surface area contributed by atoms with Crippen LogP contribution in [0.5, 0.6) is 5.75 Å². The number of hydrogen-bond acceptors (Lipinski definition) is 3. The smallest absolute Gasteiger partial charge is 0.243 e. The van der Waals surface area contributed by atoms with Crippen molar-refractivity contribution in [1.82, 2.24) is 0 Å². The Kier molecular flexibility index (Phi) is 1.88. The Hall–Kier alpha value is -1.23. The van der Waals surface area contributed by atoms with Gasteiger partial charge in [-0.15, -0.1) is 0 Å². The maximum Gasteiger partial charge on any atom is 0.243 e. The monoisotopic (exact) mass is 242 g/mol. The first-order valence-corrected chi connectivity index (χ1v) is 4.52. The number of carbonyl (C=O) groups excluding carboxylic acids is 1. The predicted molar refractivity (Wildman–Crippen MR) is 52.9 cm³/mol. The summed E-state index contributed by atoms with van der Waals surface area (Å²) in [6.45, 7) is 0.268. The van der Waals surface area contributed by atoms with Crippen LogP contribution >= 0.6 is 15.9 Å². The molecule has 0 spiro atoms. The highest BCUT2D eigenvalue weighted by atomic mass is 79.9. The van der Waals surface area contributed by atoms with E-state index >= 15 is 0 Å². The van der Waals surface area contributed by atoms with E-state index in [2.05, 4.69) is 26.6 Å². The number of nitrogens with one attached hydrogen (secondary N) is 2. The summed E-state index contributed by atoms with van der Waals surface area (Å²) < 4.78 is 0.606. The summed E-state index contributed by atoms with van der Waals surface area (Å²) in [5, 5.41) is 14.9. The van der Waals surface area contributed by atoms with Crippen LogP contribution < -0.4 is 10.6 Å². The van der Waals surface area contributed by atoms with E-state index in [0.29, 0.717) is 10.2 Å². The second-order valence-corrected chi connectivity index (χ2v) is 3.61. The van der Waals surface area contributed by atoms with Gasteiger partial charge in [0.1, 0.15) is 5.75 Å². The van der Waals surface area contributed by atoms with E-state index in [0.717, 1.165) is 5.69 Å². The fraction of sp³-hybridized carbons (Fsp3) is 0.125.